The van der Waals surface area contributed by atoms with Crippen molar-refractivity contribution in [1.82, 2.24) is 20.4 Å². The van der Waals surface area contributed by atoms with E-state index in [0.717, 1.165) is 47.3 Å². The van der Waals surface area contributed by atoms with E-state index in [2.05, 4.69) is 15.8 Å². The van der Waals surface area contributed by atoms with E-state index in [1.54, 1.807) is 7.05 Å². The summed E-state index contributed by atoms with van der Waals surface area (Å²) in [5, 5.41) is 30.8. The van der Waals surface area contributed by atoms with E-state index in [9.17, 15) is 10.2 Å². The third-order valence-corrected chi connectivity index (χ3v) is 6.19. The van der Waals surface area contributed by atoms with Gasteiger partial charge in [0.15, 0.2) is 5.82 Å². The van der Waals surface area contributed by atoms with Crippen LogP contribution in [0.1, 0.15) is 36.3 Å². The van der Waals surface area contributed by atoms with E-state index in [1.165, 1.54) is 0 Å². The van der Waals surface area contributed by atoms with Crippen molar-refractivity contribution in [3.05, 3.63) is 41.3 Å². The number of aliphatic hydroxyl groups is 2. The molecule has 0 spiro atoms. The Labute approximate surface area is 199 Å². The Bertz CT molecular complexity index is 1110. The quantitative estimate of drug-likeness (QED) is 0.376. The minimum Gasteiger partial charge on any atom is -0.491 e. The van der Waals surface area contributed by atoms with Gasteiger partial charge in [0.05, 0.1) is 29.1 Å². The van der Waals surface area contributed by atoms with Gasteiger partial charge in [-0.15, -0.1) is 0 Å². The predicted octanol–water partition coefficient (Wildman–Crippen LogP) is 3.01. The van der Waals surface area contributed by atoms with Crippen LogP contribution in [0.2, 0.25) is 0 Å². The second-order valence-corrected chi connectivity index (χ2v) is 8.87. The first-order chi connectivity index (χ1) is 16.4. The van der Waals surface area contributed by atoms with Crippen molar-refractivity contribution < 1.29 is 19.5 Å². The van der Waals surface area contributed by atoms with Crippen LogP contribution in [-0.2, 0) is 0 Å². The lowest BCUT2D eigenvalue weighted by Gasteiger charge is -2.20. The van der Waals surface area contributed by atoms with E-state index in [-0.39, 0.29) is 12.6 Å². The summed E-state index contributed by atoms with van der Waals surface area (Å²) in [4.78, 5) is 9.73. The highest BCUT2D eigenvalue weighted by Gasteiger charge is 2.27. The summed E-state index contributed by atoms with van der Waals surface area (Å²) in [7, 11) is 1.78. The lowest BCUT2D eigenvalue weighted by atomic mass is 10.0. The highest BCUT2D eigenvalue weighted by atomic mass is 16.5. The van der Waals surface area contributed by atoms with Gasteiger partial charge in [-0.25, -0.2) is 9.97 Å². The number of rotatable bonds is 9. The molecular weight excluding hydrogens is 434 g/mol. The van der Waals surface area contributed by atoms with Crippen molar-refractivity contribution in [2.24, 2.45) is 0 Å². The fourth-order valence-corrected chi connectivity index (χ4v) is 4.35. The molecule has 4 N–H and O–H groups in total. The number of aromatic nitrogens is 3. The zero-order chi connectivity index (χ0) is 24.2. The molecule has 1 aliphatic rings. The van der Waals surface area contributed by atoms with Crippen molar-refractivity contribution in [3.8, 4) is 28.4 Å². The predicted molar refractivity (Wildman–Crippen MR) is 130 cm³/mol. The average Bonchev–Trinajstić information content (AvgIpc) is 3.38. The Balaban J connectivity index is 1.73. The Morgan fingerprint density at radius 1 is 1.21 bits per heavy atom. The largest absolute Gasteiger partial charge is 0.491 e. The van der Waals surface area contributed by atoms with Crippen LogP contribution in [0, 0.1) is 20.8 Å². The van der Waals surface area contributed by atoms with Crippen molar-refractivity contribution in [3.63, 3.8) is 0 Å². The monoisotopic (exact) mass is 467 g/mol. The van der Waals surface area contributed by atoms with Crippen LogP contribution >= 0.6 is 0 Å². The SMILES string of the molecule is CNCC(O)COc1cccc(-c2nc(NC3CCCC3O)c(C)c(-c3c(C)noc3C)n2)c1. The van der Waals surface area contributed by atoms with Gasteiger partial charge >= 0.3 is 0 Å². The Kier molecular flexibility index (Phi) is 7.45. The third-order valence-electron chi connectivity index (χ3n) is 6.19. The minimum atomic E-state index is -0.607. The minimum absolute atomic E-state index is 0.0534. The summed E-state index contributed by atoms with van der Waals surface area (Å²) in [6.45, 7) is 6.36. The topological polar surface area (TPSA) is 126 Å². The molecule has 1 aromatic carbocycles. The average molecular weight is 468 g/mol. The highest BCUT2D eigenvalue weighted by Crippen LogP contribution is 2.34. The van der Waals surface area contributed by atoms with Gasteiger partial charge in [-0.05, 0) is 59.2 Å². The number of hydrogen-bond donors (Lipinski definition) is 4. The molecule has 0 radical (unpaired) electrons. The number of aryl methyl sites for hydroxylation is 2. The number of ether oxygens (including phenoxy) is 1. The van der Waals surface area contributed by atoms with Crippen molar-refractivity contribution in [2.75, 3.05) is 25.5 Å². The fraction of sp³-hybridized carbons (Fsp3) is 0.480. The molecule has 1 fully saturated rings. The highest BCUT2D eigenvalue weighted by molar-refractivity contribution is 5.74. The van der Waals surface area contributed by atoms with E-state index in [0.29, 0.717) is 29.7 Å². The standard InChI is InChI=1S/C25H33N5O4/c1-14-23(22-15(2)30-34-16(22)3)28-25(29-24(14)27-20-9-6-10-21(20)32)17-7-5-8-19(11-17)33-13-18(31)12-26-4/h5,7-8,11,18,20-21,26,31-32H,6,9-10,12-13H2,1-4H3,(H,27,28,29). The smallest absolute Gasteiger partial charge is 0.162 e. The van der Waals surface area contributed by atoms with Crippen molar-refractivity contribution in [1.29, 1.82) is 0 Å². The van der Waals surface area contributed by atoms with Crippen molar-refractivity contribution >= 4 is 5.82 Å². The molecule has 182 valence electrons. The molecule has 1 saturated carbocycles. The van der Waals surface area contributed by atoms with Crippen LogP contribution in [0.15, 0.2) is 28.8 Å². The zero-order valence-electron chi connectivity index (χ0n) is 20.1. The first kappa shape index (κ1) is 24.1. The second-order valence-electron chi connectivity index (χ2n) is 8.87. The number of nitrogens with one attached hydrogen (secondary N) is 2. The molecule has 34 heavy (non-hydrogen) atoms. The second kappa shape index (κ2) is 10.5. The normalized spacial score (nSPS) is 18.8. The van der Waals surface area contributed by atoms with Crippen LogP contribution in [0.5, 0.6) is 5.75 Å². The molecular formula is C25H33N5O4. The zero-order valence-corrected chi connectivity index (χ0v) is 20.1. The van der Waals surface area contributed by atoms with Crippen molar-refractivity contribution in [2.45, 2.75) is 58.3 Å². The van der Waals surface area contributed by atoms with Crippen LogP contribution in [0.25, 0.3) is 22.6 Å². The number of aliphatic hydroxyl groups excluding tert-OH is 2. The van der Waals surface area contributed by atoms with Crippen LogP contribution in [-0.4, -0.2) is 63.8 Å². The summed E-state index contributed by atoms with van der Waals surface area (Å²) in [5.74, 6) is 2.52. The van der Waals surface area contributed by atoms with Gasteiger partial charge in [-0.2, -0.15) is 0 Å². The molecule has 3 aromatic rings. The molecule has 0 bridgehead atoms. The van der Waals surface area contributed by atoms with Gasteiger partial charge in [-0.1, -0.05) is 17.3 Å². The molecule has 0 saturated heterocycles. The Hall–Kier alpha value is -3.01. The molecule has 9 nitrogen and oxygen atoms in total. The van der Waals surface area contributed by atoms with Gasteiger partial charge < -0.3 is 30.1 Å². The first-order valence-electron chi connectivity index (χ1n) is 11.7. The maximum Gasteiger partial charge on any atom is 0.162 e. The molecule has 3 unspecified atom stereocenters. The van der Waals surface area contributed by atoms with Crippen LogP contribution < -0.4 is 15.4 Å². The summed E-state index contributed by atoms with van der Waals surface area (Å²) >= 11 is 0. The molecule has 2 heterocycles. The summed E-state index contributed by atoms with van der Waals surface area (Å²) in [6, 6.07) is 7.45. The Morgan fingerprint density at radius 2 is 2.03 bits per heavy atom. The molecule has 3 atom stereocenters. The lowest BCUT2D eigenvalue weighted by Crippen LogP contribution is -2.29. The van der Waals surface area contributed by atoms with E-state index in [1.807, 2.05) is 45.0 Å². The maximum atomic E-state index is 10.4. The number of benzene rings is 1. The molecule has 2 aromatic heterocycles. The number of anilines is 1. The van der Waals surface area contributed by atoms with Crippen LogP contribution in [0.4, 0.5) is 5.82 Å². The Morgan fingerprint density at radius 3 is 2.71 bits per heavy atom. The molecule has 9 heteroatoms. The number of hydrogen-bond acceptors (Lipinski definition) is 9. The molecule has 4 rings (SSSR count). The summed E-state index contributed by atoms with van der Waals surface area (Å²) in [6.07, 6.45) is 1.64. The third kappa shape index (κ3) is 5.22. The fourth-order valence-electron chi connectivity index (χ4n) is 4.35. The van der Waals surface area contributed by atoms with Gasteiger partial charge in [-0.3, -0.25) is 0 Å². The molecule has 0 amide bonds. The van der Waals surface area contributed by atoms with Crippen LogP contribution in [0.3, 0.4) is 0 Å². The van der Waals surface area contributed by atoms with Gasteiger partial charge in [0.1, 0.15) is 30.0 Å². The van der Waals surface area contributed by atoms with Gasteiger partial charge in [0.2, 0.25) is 0 Å². The molecule has 1 aliphatic carbocycles. The number of likely N-dealkylation sites (N-methyl/N-ethyl adjacent to an activating group) is 1. The van der Waals surface area contributed by atoms with E-state index >= 15 is 0 Å². The van der Waals surface area contributed by atoms with E-state index < -0.39 is 12.2 Å². The maximum absolute atomic E-state index is 10.4. The lowest BCUT2D eigenvalue weighted by molar-refractivity contribution is 0.108. The molecule has 0 aliphatic heterocycles. The van der Waals surface area contributed by atoms with Gasteiger partial charge in [0.25, 0.3) is 0 Å². The first-order valence-corrected chi connectivity index (χ1v) is 11.7. The van der Waals surface area contributed by atoms with E-state index in [4.69, 9.17) is 19.2 Å². The summed E-state index contributed by atoms with van der Waals surface area (Å²) < 4.78 is 11.2. The van der Waals surface area contributed by atoms with Gasteiger partial charge in [0, 0.05) is 17.7 Å². The number of nitrogens with zero attached hydrogens (tertiary/aromatic N) is 3. The summed E-state index contributed by atoms with van der Waals surface area (Å²) in [5.41, 5.74) is 4.00.